The molecule has 0 radical (unpaired) electrons. The van der Waals surface area contributed by atoms with Gasteiger partial charge in [-0.1, -0.05) is 23.0 Å². The van der Waals surface area contributed by atoms with Gasteiger partial charge in [0.25, 0.3) is 5.56 Å². The van der Waals surface area contributed by atoms with Gasteiger partial charge in [0, 0.05) is 11.3 Å². The van der Waals surface area contributed by atoms with E-state index < -0.39 is 11.3 Å². The maximum absolute atomic E-state index is 12.0. The van der Waals surface area contributed by atoms with Crippen LogP contribution >= 0.6 is 23.1 Å². The minimum absolute atomic E-state index is 0.0117. The molecule has 0 saturated heterocycles. The number of rotatable bonds is 5. The molecule has 3 aromatic rings. The highest BCUT2D eigenvalue weighted by atomic mass is 32.2. The summed E-state index contributed by atoms with van der Waals surface area (Å²) in [5.74, 6) is -0.0222. The van der Waals surface area contributed by atoms with Crippen LogP contribution in [-0.4, -0.2) is 20.1 Å². The van der Waals surface area contributed by atoms with Crippen LogP contribution in [0.4, 0.5) is 0 Å². The summed E-state index contributed by atoms with van der Waals surface area (Å²) in [7, 11) is 0. The summed E-state index contributed by atoms with van der Waals surface area (Å²) in [6.45, 7) is 0. The third kappa shape index (κ3) is 3.58. The molecule has 0 aliphatic carbocycles. The molecule has 2 N–H and O–H groups in total. The zero-order chi connectivity index (χ0) is 16.2. The Hall–Kier alpha value is -2.64. The Morgan fingerprint density at radius 2 is 2.26 bits per heavy atom. The molecule has 0 aliphatic heterocycles. The highest BCUT2D eigenvalue weighted by molar-refractivity contribution is 7.98. The summed E-state index contributed by atoms with van der Waals surface area (Å²) in [4.78, 5) is 33.2. The Kier molecular flexibility index (Phi) is 4.40. The molecule has 23 heavy (non-hydrogen) atoms. The van der Waals surface area contributed by atoms with Crippen molar-refractivity contribution in [1.29, 1.82) is 5.26 Å². The van der Waals surface area contributed by atoms with Crippen LogP contribution < -0.4 is 11.3 Å². The molecular weight excluding hydrogens is 338 g/mol. The summed E-state index contributed by atoms with van der Waals surface area (Å²) in [5.41, 5.74) is -0.0439. The van der Waals surface area contributed by atoms with Crippen LogP contribution in [0.15, 0.2) is 36.8 Å². The summed E-state index contributed by atoms with van der Waals surface area (Å²) < 4.78 is 4.40. The van der Waals surface area contributed by atoms with Crippen molar-refractivity contribution in [3.05, 3.63) is 60.4 Å². The van der Waals surface area contributed by atoms with Gasteiger partial charge in [0.05, 0.1) is 11.4 Å². The molecule has 0 amide bonds. The van der Waals surface area contributed by atoms with Crippen molar-refractivity contribution in [2.45, 2.75) is 17.3 Å². The number of nitrogens with one attached hydrogen (secondary N) is 2. The number of hydrogen-bond donors (Lipinski definition) is 2. The molecule has 8 nitrogen and oxygen atoms in total. The number of nitrogens with zero attached hydrogens (tertiary/aromatic N) is 3. The predicted octanol–water partition coefficient (Wildman–Crippen LogP) is 1.26. The number of H-pyrrole nitrogens is 2. The van der Waals surface area contributed by atoms with Gasteiger partial charge in [-0.3, -0.25) is 14.3 Å². The number of aromatic nitrogens is 4. The van der Waals surface area contributed by atoms with Gasteiger partial charge in [0.2, 0.25) is 0 Å². The number of thiophene rings is 1. The van der Waals surface area contributed by atoms with Gasteiger partial charge in [-0.15, -0.1) is 11.3 Å². The quantitative estimate of drug-likeness (QED) is 0.525. The Bertz CT molecular complexity index is 965. The first-order chi connectivity index (χ1) is 11.2. The van der Waals surface area contributed by atoms with Crippen molar-refractivity contribution < 1.29 is 4.52 Å². The molecule has 116 valence electrons. The van der Waals surface area contributed by atoms with E-state index in [1.165, 1.54) is 23.1 Å². The average molecular weight is 347 g/mol. The Morgan fingerprint density at radius 1 is 1.39 bits per heavy atom. The first-order valence-corrected chi connectivity index (χ1v) is 8.25. The van der Waals surface area contributed by atoms with Crippen LogP contribution in [0.3, 0.4) is 0 Å². The van der Waals surface area contributed by atoms with Gasteiger partial charge >= 0.3 is 5.76 Å². The molecule has 0 fully saturated rings. The van der Waals surface area contributed by atoms with Crippen LogP contribution in [-0.2, 0) is 12.2 Å². The van der Waals surface area contributed by atoms with Crippen molar-refractivity contribution in [3.63, 3.8) is 0 Å². The average Bonchev–Trinajstić information content (AvgIpc) is 3.17. The van der Waals surface area contributed by atoms with Gasteiger partial charge in [-0.2, -0.15) is 5.26 Å². The highest BCUT2D eigenvalue weighted by Gasteiger charge is 2.13. The molecular formula is C13H9N5O3S2. The van der Waals surface area contributed by atoms with Crippen molar-refractivity contribution in [3.8, 4) is 6.07 Å². The normalized spacial score (nSPS) is 10.6. The third-order valence-corrected chi connectivity index (χ3v) is 4.60. The second-order valence-corrected chi connectivity index (χ2v) is 6.39. The number of thioether (sulfide) groups is 1. The first-order valence-electron chi connectivity index (χ1n) is 6.39. The smallest absolute Gasteiger partial charge is 0.300 e. The molecule has 0 unspecified atom stereocenters. The lowest BCUT2D eigenvalue weighted by molar-refractivity contribution is 0.383. The van der Waals surface area contributed by atoms with Crippen LogP contribution in [0.2, 0.25) is 0 Å². The summed E-state index contributed by atoms with van der Waals surface area (Å²) in [6, 6.07) is 5.71. The van der Waals surface area contributed by atoms with Gasteiger partial charge in [0.1, 0.15) is 11.6 Å². The van der Waals surface area contributed by atoms with Crippen molar-refractivity contribution in [2.75, 3.05) is 0 Å². The van der Waals surface area contributed by atoms with Crippen molar-refractivity contribution in [1.82, 2.24) is 20.1 Å². The summed E-state index contributed by atoms with van der Waals surface area (Å²) in [6.07, 6.45) is 0.416. The molecule has 0 atom stereocenters. The summed E-state index contributed by atoms with van der Waals surface area (Å²) in [5, 5.41) is 15.0. The van der Waals surface area contributed by atoms with E-state index in [4.69, 9.17) is 5.26 Å². The van der Waals surface area contributed by atoms with E-state index in [1.807, 2.05) is 23.6 Å². The fourth-order valence-corrected chi connectivity index (χ4v) is 3.29. The SMILES string of the molecule is N#Cc1c(Cc2cccs2)nc(SCc2noc(=O)[nH]2)[nH]c1=O. The van der Waals surface area contributed by atoms with Crippen LogP contribution in [0.25, 0.3) is 0 Å². The minimum Gasteiger partial charge on any atom is -0.300 e. The summed E-state index contributed by atoms with van der Waals surface area (Å²) >= 11 is 2.71. The van der Waals surface area contributed by atoms with Crippen LogP contribution in [0.5, 0.6) is 0 Å². The van der Waals surface area contributed by atoms with Crippen molar-refractivity contribution >= 4 is 23.1 Å². The van der Waals surface area contributed by atoms with Gasteiger partial charge in [-0.25, -0.2) is 9.78 Å². The van der Waals surface area contributed by atoms with E-state index in [9.17, 15) is 9.59 Å². The molecule has 3 heterocycles. The van der Waals surface area contributed by atoms with E-state index >= 15 is 0 Å². The van der Waals surface area contributed by atoms with Crippen LogP contribution in [0, 0.1) is 11.3 Å². The lowest BCUT2D eigenvalue weighted by atomic mass is 10.2. The maximum atomic E-state index is 12.0. The van der Waals surface area contributed by atoms with E-state index in [-0.39, 0.29) is 11.3 Å². The predicted molar refractivity (Wildman–Crippen MR) is 83.4 cm³/mol. The van der Waals surface area contributed by atoms with Crippen molar-refractivity contribution in [2.24, 2.45) is 0 Å². The third-order valence-electron chi connectivity index (χ3n) is 2.84. The fraction of sp³-hybridized carbons (Fsp3) is 0.154. The fourth-order valence-electron chi connectivity index (χ4n) is 1.85. The van der Waals surface area contributed by atoms with Gasteiger partial charge in [-0.05, 0) is 11.4 Å². The van der Waals surface area contributed by atoms with E-state index in [1.54, 1.807) is 0 Å². The number of nitriles is 1. The van der Waals surface area contributed by atoms with E-state index in [0.717, 1.165) is 4.88 Å². The second kappa shape index (κ2) is 6.64. The largest absolute Gasteiger partial charge is 0.438 e. The highest BCUT2D eigenvalue weighted by Crippen LogP contribution is 2.19. The number of aromatic amines is 2. The molecule has 0 bridgehead atoms. The van der Waals surface area contributed by atoms with Gasteiger partial charge in [0.15, 0.2) is 11.0 Å². The van der Waals surface area contributed by atoms with Gasteiger partial charge < -0.3 is 4.98 Å². The maximum Gasteiger partial charge on any atom is 0.438 e. The topological polar surface area (TPSA) is 128 Å². The lowest BCUT2D eigenvalue weighted by Crippen LogP contribution is -2.16. The second-order valence-electron chi connectivity index (χ2n) is 4.39. The molecule has 0 saturated carbocycles. The Labute approximate surface area is 137 Å². The minimum atomic E-state index is -0.639. The Balaban J connectivity index is 1.86. The van der Waals surface area contributed by atoms with E-state index in [2.05, 4.69) is 24.6 Å². The zero-order valence-electron chi connectivity index (χ0n) is 11.5. The number of hydrogen-bond acceptors (Lipinski definition) is 8. The molecule has 3 rings (SSSR count). The molecule has 0 aromatic carbocycles. The Morgan fingerprint density at radius 3 is 2.91 bits per heavy atom. The standard InChI is InChI=1S/C13H9N5O3S2/c14-5-8-9(4-7-2-1-3-22-7)15-12(17-11(8)19)23-6-10-16-13(20)21-18-10/h1-3H,4,6H2,(H,15,17,19)(H,16,18,20). The van der Waals surface area contributed by atoms with Crippen LogP contribution in [0.1, 0.15) is 22.0 Å². The molecule has 10 heteroatoms. The first kappa shape index (κ1) is 15.3. The molecule has 0 spiro atoms. The lowest BCUT2D eigenvalue weighted by Gasteiger charge is -2.04. The molecule has 0 aliphatic rings. The monoisotopic (exact) mass is 347 g/mol. The zero-order valence-corrected chi connectivity index (χ0v) is 13.2. The van der Waals surface area contributed by atoms with E-state index in [0.29, 0.717) is 23.1 Å². The molecule has 3 aromatic heterocycles.